The fraction of sp³-hybridized carbons (Fsp3) is 0.565. The van der Waals surface area contributed by atoms with Crippen LogP contribution in [0.4, 0.5) is 0 Å². The lowest BCUT2D eigenvalue weighted by Crippen LogP contribution is -2.31. The third kappa shape index (κ3) is 5.99. The molecule has 0 radical (unpaired) electrons. The Morgan fingerprint density at radius 2 is 1.92 bits per heavy atom. The van der Waals surface area contributed by atoms with Gasteiger partial charge in [-0.15, -0.1) is 0 Å². The van der Waals surface area contributed by atoms with Crippen LogP contribution in [0.5, 0.6) is 0 Å². The van der Waals surface area contributed by atoms with E-state index >= 15 is 0 Å². The average molecular weight is 419 g/mol. The van der Waals surface area contributed by atoms with Gasteiger partial charge < -0.3 is 11.1 Å². The van der Waals surface area contributed by atoms with Gasteiger partial charge in [0.05, 0.1) is 0 Å². The zero-order chi connectivity index (χ0) is 18.9. The summed E-state index contributed by atoms with van der Waals surface area (Å²) in [6, 6.07) is 7.09. The summed E-state index contributed by atoms with van der Waals surface area (Å²) in [6.07, 6.45) is 11.2. The van der Waals surface area contributed by atoms with E-state index in [2.05, 4.69) is 66.3 Å². The van der Waals surface area contributed by atoms with Crippen LogP contribution in [0.25, 0.3) is 0 Å². The van der Waals surface area contributed by atoms with Gasteiger partial charge in [-0.25, -0.2) is 0 Å². The Bertz CT molecular complexity index is 627. The molecule has 2 aliphatic rings. The number of rotatable bonds is 2. The summed E-state index contributed by atoms with van der Waals surface area (Å²) in [7, 11) is 0. The molecular weight excluding hydrogens is 384 g/mol. The van der Waals surface area contributed by atoms with E-state index in [0.29, 0.717) is 5.92 Å². The van der Waals surface area contributed by atoms with Gasteiger partial charge in [0.15, 0.2) is 0 Å². The summed E-state index contributed by atoms with van der Waals surface area (Å²) in [6.45, 7) is 8.77. The monoisotopic (exact) mass is 418 g/mol. The van der Waals surface area contributed by atoms with Crippen LogP contribution in [0.1, 0.15) is 68.6 Å². The molecule has 0 amide bonds. The Morgan fingerprint density at radius 1 is 1.23 bits per heavy atom. The molecule has 26 heavy (non-hydrogen) atoms. The zero-order valence-corrected chi connectivity index (χ0v) is 18.2. The Labute approximate surface area is 168 Å². The predicted molar refractivity (Wildman–Crippen MR) is 118 cm³/mol. The van der Waals surface area contributed by atoms with Gasteiger partial charge >= 0.3 is 0 Å². The van der Waals surface area contributed by atoms with Gasteiger partial charge in [-0.1, -0.05) is 49.6 Å². The molecule has 1 unspecified atom stereocenters. The molecule has 0 saturated carbocycles. The molecular formula is C23H35BrN2. The molecule has 0 spiro atoms. The van der Waals surface area contributed by atoms with Gasteiger partial charge in [0, 0.05) is 10.7 Å². The summed E-state index contributed by atoms with van der Waals surface area (Å²) >= 11 is 3.55. The van der Waals surface area contributed by atoms with Crippen LogP contribution in [0.15, 0.2) is 40.5 Å². The highest BCUT2D eigenvalue weighted by atomic mass is 79.9. The highest BCUT2D eigenvalue weighted by molar-refractivity contribution is 9.11. The molecule has 1 heterocycles. The van der Waals surface area contributed by atoms with E-state index in [9.17, 15) is 0 Å². The number of nitrogens with two attached hydrogens (primary N) is 1. The highest BCUT2D eigenvalue weighted by Gasteiger charge is 2.29. The minimum atomic E-state index is 0.652. The molecule has 1 aromatic rings. The number of piperidine rings is 1. The average Bonchev–Trinajstić information content (AvgIpc) is 2.82. The van der Waals surface area contributed by atoms with Gasteiger partial charge in [0.25, 0.3) is 0 Å². The summed E-state index contributed by atoms with van der Waals surface area (Å²) in [5, 5.41) is 3.51. The summed E-state index contributed by atoms with van der Waals surface area (Å²) < 4.78 is 0.999. The van der Waals surface area contributed by atoms with Crippen molar-refractivity contribution >= 4 is 15.9 Å². The molecule has 0 aromatic heterocycles. The van der Waals surface area contributed by atoms with Crippen LogP contribution in [-0.4, -0.2) is 13.1 Å². The SMILES string of the molecule is CCC.Cc1ccc2c(c1)CC/C(=C/C(Br)=C\N)CC2C1CCNCC1. The van der Waals surface area contributed by atoms with Crippen LogP contribution in [0, 0.1) is 12.8 Å². The second-order valence-electron chi connectivity index (χ2n) is 7.66. The predicted octanol–water partition coefficient (Wildman–Crippen LogP) is 5.95. The number of fused-ring (bicyclic) bond motifs is 1. The van der Waals surface area contributed by atoms with E-state index in [-0.39, 0.29) is 0 Å². The number of halogens is 1. The van der Waals surface area contributed by atoms with Gasteiger partial charge in [0.2, 0.25) is 0 Å². The summed E-state index contributed by atoms with van der Waals surface area (Å²) in [4.78, 5) is 0. The third-order valence-corrected chi connectivity index (χ3v) is 5.84. The fourth-order valence-electron chi connectivity index (χ4n) is 4.14. The molecule has 0 bridgehead atoms. The lowest BCUT2D eigenvalue weighted by molar-refractivity contribution is 0.316. The van der Waals surface area contributed by atoms with Crippen molar-refractivity contribution in [2.24, 2.45) is 11.7 Å². The molecule has 1 fully saturated rings. The molecule has 144 valence electrons. The first-order valence-electron chi connectivity index (χ1n) is 10.2. The van der Waals surface area contributed by atoms with Crippen LogP contribution < -0.4 is 11.1 Å². The van der Waals surface area contributed by atoms with E-state index in [1.807, 2.05) is 0 Å². The van der Waals surface area contributed by atoms with E-state index in [1.54, 1.807) is 17.3 Å². The highest BCUT2D eigenvalue weighted by Crippen LogP contribution is 2.41. The lowest BCUT2D eigenvalue weighted by Gasteiger charge is -2.32. The van der Waals surface area contributed by atoms with Crippen molar-refractivity contribution in [3.63, 3.8) is 0 Å². The van der Waals surface area contributed by atoms with Crippen LogP contribution in [0.2, 0.25) is 0 Å². The maximum Gasteiger partial charge on any atom is 0.0329 e. The van der Waals surface area contributed by atoms with Gasteiger partial charge in [-0.05, 0) is 97.1 Å². The van der Waals surface area contributed by atoms with Crippen molar-refractivity contribution in [1.29, 1.82) is 0 Å². The third-order valence-electron chi connectivity index (χ3n) is 5.35. The molecule has 1 aliphatic carbocycles. The number of nitrogens with one attached hydrogen (secondary N) is 1. The van der Waals surface area contributed by atoms with Crippen LogP contribution in [0.3, 0.4) is 0 Å². The maximum absolute atomic E-state index is 5.65. The first-order valence-corrected chi connectivity index (χ1v) is 10.9. The Kier molecular flexibility index (Phi) is 8.94. The molecule has 3 N–H and O–H groups in total. The Balaban J connectivity index is 0.000000758. The molecule has 1 aromatic carbocycles. The molecule has 3 rings (SSSR count). The van der Waals surface area contributed by atoms with Gasteiger partial charge in [0.1, 0.15) is 0 Å². The topological polar surface area (TPSA) is 38.0 Å². The quantitative estimate of drug-likeness (QED) is 0.581. The van der Waals surface area contributed by atoms with Crippen molar-refractivity contribution in [2.75, 3.05) is 13.1 Å². The molecule has 1 aliphatic heterocycles. The van der Waals surface area contributed by atoms with E-state index in [0.717, 1.165) is 36.3 Å². The number of aryl methyl sites for hydroxylation is 2. The zero-order valence-electron chi connectivity index (χ0n) is 16.7. The largest absolute Gasteiger partial charge is 0.404 e. The summed E-state index contributed by atoms with van der Waals surface area (Å²) in [5.41, 5.74) is 11.7. The normalized spacial score (nSPS) is 23.0. The van der Waals surface area contributed by atoms with Crippen molar-refractivity contribution in [1.82, 2.24) is 5.32 Å². The lowest BCUT2D eigenvalue weighted by atomic mass is 9.76. The van der Waals surface area contributed by atoms with Gasteiger partial charge in [-0.3, -0.25) is 0 Å². The number of hydrogen-bond acceptors (Lipinski definition) is 2. The fourth-order valence-corrected chi connectivity index (χ4v) is 4.47. The molecule has 2 nitrogen and oxygen atoms in total. The van der Waals surface area contributed by atoms with E-state index in [1.165, 1.54) is 36.8 Å². The Morgan fingerprint density at radius 3 is 2.58 bits per heavy atom. The van der Waals surface area contributed by atoms with Gasteiger partial charge in [-0.2, -0.15) is 0 Å². The molecule has 1 atom stereocenters. The standard InChI is InChI=1S/C20H27BrN2.C3H8/c1-14-2-5-19-17(10-14)4-3-15(11-18(21)13-22)12-20(19)16-6-8-23-9-7-16;1-3-2/h2,5,10-11,13,16,20,23H,3-4,6-9,12,22H2,1H3;3H2,1-2H3/b15-11-,18-13+;. The molecule has 1 saturated heterocycles. The minimum Gasteiger partial charge on any atom is -0.404 e. The van der Waals surface area contributed by atoms with Crippen molar-refractivity contribution < 1.29 is 0 Å². The first kappa shape index (κ1) is 21.2. The number of allylic oxidation sites excluding steroid dienone is 3. The van der Waals surface area contributed by atoms with Crippen molar-refractivity contribution in [2.45, 2.75) is 65.2 Å². The van der Waals surface area contributed by atoms with Crippen molar-refractivity contribution in [3.8, 4) is 0 Å². The van der Waals surface area contributed by atoms with Crippen molar-refractivity contribution in [3.05, 3.63) is 57.2 Å². The van der Waals surface area contributed by atoms with E-state index < -0.39 is 0 Å². The first-order chi connectivity index (χ1) is 12.6. The second kappa shape index (κ2) is 10.9. The molecule has 3 heteroatoms. The Hall–Kier alpha value is -1.06. The minimum absolute atomic E-state index is 0.652. The van der Waals surface area contributed by atoms with Crippen LogP contribution >= 0.6 is 15.9 Å². The number of hydrogen-bond donors (Lipinski definition) is 2. The maximum atomic E-state index is 5.65. The second-order valence-corrected chi connectivity index (χ2v) is 8.58. The van der Waals surface area contributed by atoms with Crippen LogP contribution in [-0.2, 0) is 6.42 Å². The number of benzene rings is 1. The summed E-state index contributed by atoms with van der Waals surface area (Å²) in [5.74, 6) is 1.44. The smallest absolute Gasteiger partial charge is 0.0329 e. The van der Waals surface area contributed by atoms with E-state index in [4.69, 9.17) is 5.73 Å².